The summed E-state index contributed by atoms with van der Waals surface area (Å²) in [6, 6.07) is 3.61. The lowest BCUT2D eigenvalue weighted by molar-refractivity contribution is -0.136. The van der Waals surface area contributed by atoms with Crippen LogP contribution in [0.5, 0.6) is 0 Å². The number of aromatic amines is 1. The average Bonchev–Trinajstić information content (AvgIpc) is 3.06. The number of carbonyl (C=O) groups is 1. The van der Waals surface area contributed by atoms with Gasteiger partial charge in [0.05, 0.1) is 33.6 Å². The molecule has 0 spiro atoms. The molecule has 2 aliphatic heterocycles. The maximum absolute atomic E-state index is 12.5. The summed E-state index contributed by atoms with van der Waals surface area (Å²) >= 11 is 12.2. The van der Waals surface area contributed by atoms with Gasteiger partial charge in [0.1, 0.15) is 5.82 Å². The number of benzene rings is 1. The van der Waals surface area contributed by atoms with Gasteiger partial charge in [0.15, 0.2) is 0 Å². The van der Waals surface area contributed by atoms with Crippen molar-refractivity contribution in [1.29, 1.82) is 0 Å². The van der Waals surface area contributed by atoms with E-state index in [-0.39, 0.29) is 12.0 Å². The number of likely N-dealkylation sites (tertiary alicyclic amines) is 1. The van der Waals surface area contributed by atoms with E-state index in [0.717, 1.165) is 62.2 Å². The Kier molecular flexibility index (Phi) is 5.39. The lowest BCUT2D eigenvalue weighted by Gasteiger charge is -2.32. The van der Waals surface area contributed by atoms with Crippen LogP contribution in [0, 0.1) is 0 Å². The van der Waals surface area contributed by atoms with Crippen LogP contribution >= 0.6 is 23.2 Å². The van der Waals surface area contributed by atoms with Gasteiger partial charge in [-0.15, -0.1) is 0 Å². The number of carbonyl (C=O) groups excluding carboxylic acids is 1. The first-order valence-corrected chi connectivity index (χ1v) is 10.1. The van der Waals surface area contributed by atoms with Crippen molar-refractivity contribution in [3.63, 3.8) is 0 Å². The number of hydrogen-bond acceptors (Lipinski definition) is 3. The Labute approximate surface area is 163 Å². The first-order chi connectivity index (χ1) is 12.6. The molecule has 1 unspecified atom stereocenters. The average molecular weight is 396 g/mol. The molecule has 2 saturated heterocycles. The largest absolute Gasteiger partial charge is 0.378 e. The number of fused-ring (bicyclic) bond motifs is 1. The fourth-order valence-electron chi connectivity index (χ4n) is 3.91. The van der Waals surface area contributed by atoms with Gasteiger partial charge in [-0.2, -0.15) is 0 Å². The number of rotatable bonds is 3. The van der Waals surface area contributed by atoms with Crippen LogP contribution in [0.3, 0.4) is 0 Å². The van der Waals surface area contributed by atoms with Crippen molar-refractivity contribution >= 4 is 40.1 Å². The second-order valence-electron chi connectivity index (χ2n) is 7.25. The van der Waals surface area contributed by atoms with Crippen LogP contribution in [-0.4, -0.2) is 46.6 Å². The van der Waals surface area contributed by atoms with Gasteiger partial charge in [-0.25, -0.2) is 4.98 Å². The molecule has 5 nitrogen and oxygen atoms in total. The van der Waals surface area contributed by atoms with E-state index in [0.29, 0.717) is 22.4 Å². The zero-order valence-corrected chi connectivity index (χ0v) is 16.2. The SMILES string of the molecule is O=C(CC1CCCCO1)N1CCC(c2nc3cc(Cl)c(Cl)cc3[nH]2)CC1. The Bertz CT molecular complexity index is 754. The Morgan fingerprint density at radius 2 is 1.96 bits per heavy atom. The molecule has 0 bridgehead atoms. The van der Waals surface area contributed by atoms with Crippen LogP contribution in [0.1, 0.15) is 50.3 Å². The van der Waals surface area contributed by atoms with E-state index in [1.54, 1.807) is 6.07 Å². The van der Waals surface area contributed by atoms with Gasteiger partial charge < -0.3 is 14.6 Å². The predicted molar refractivity (Wildman–Crippen MR) is 103 cm³/mol. The minimum absolute atomic E-state index is 0.110. The molecule has 0 aliphatic carbocycles. The van der Waals surface area contributed by atoms with Crippen molar-refractivity contribution in [1.82, 2.24) is 14.9 Å². The van der Waals surface area contributed by atoms with E-state index in [2.05, 4.69) is 9.97 Å². The molecule has 4 rings (SSSR count). The lowest BCUT2D eigenvalue weighted by Crippen LogP contribution is -2.40. The molecule has 2 fully saturated rings. The van der Waals surface area contributed by atoms with Crippen LogP contribution in [0.4, 0.5) is 0 Å². The normalized spacial score (nSPS) is 22.1. The molecule has 1 atom stereocenters. The quantitative estimate of drug-likeness (QED) is 0.829. The molecule has 3 heterocycles. The van der Waals surface area contributed by atoms with Gasteiger partial charge in [0, 0.05) is 25.6 Å². The third-order valence-electron chi connectivity index (χ3n) is 5.45. The molecule has 140 valence electrons. The fourth-order valence-corrected chi connectivity index (χ4v) is 4.23. The summed E-state index contributed by atoms with van der Waals surface area (Å²) in [7, 11) is 0. The van der Waals surface area contributed by atoms with E-state index in [4.69, 9.17) is 27.9 Å². The van der Waals surface area contributed by atoms with Gasteiger partial charge in [0.2, 0.25) is 5.91 Å². The highest BCUT2D eigenvalue weighted by atomic mass is 35.5. The van der Waals surface area contributed by atoms with Gasteiger partial charge in [0.25, 0.3) is 0 Å². The van der Waals surface area contributed by atoms with E-state index in [1.807, 2.05) is 11.0 Å². The van der Waals surface area contributed by atoms with Gasteiger partial charge >= 0.3 is 0 Å². The molecule has 7 heteroatoms. The zero-order chi connectivity index (χ0) is 18.1. The Morgan fingerprint density at radius 3 is 2.69 bits per heavy atom. The minimum atomic E-state index is 0.110. The number of imidazole rings is 1. The Balaban J connectivity index is 1.36. The molecule has 1 amide bonds. The summed E-state index contributed by atoms with van der Waals surface area (Å²) in [5, 5.41) is 1.04. The molecule has 1 N–H and O–H groups in total. The number of halogens is 2. The molecule has 0 radical (unpaired) electrons. The second-order valence-corrected chi connectivity index (χ2v) is 8.07. The minimum Gasteiger partial charge on any atom is -0.378 e. The summed E-state index contributed by atoms with van der Waals surface area (Å²) < 4.78 is 5.70. The van der Waals surface area contributed by atoms with Crippen molar-refractivity contribution < 1.29 is 9.53 Å². The number of hydrogen-bond donors (Lipinski definition) is 1. The molecule has 1 aromatic carbocycles. The van der Waals surface area contributed by atoms with Crippen LogP contribution in [0.25, 0.3) is 11.0 Å². The van der Waals surface area contributed by atoms with E-state index >= 15 is 0 Å². The highest BCUT2D eigenvalue weighted by Gasteiger charge is 2.28. The van der Waals surface area contributed by atoms with E-state index in [9.17, 15) is 4.79 Å². The monoisotopic (exact) mass is 395 g/mol. The number of H-pyrrole nitrogens is 1. The standard InChI is InChI=1S/C19H23Cl2N3O2/c20-14-10-16-17(11-15(14)21)23-19(22-16)12-4-6-24(7-5-12)18(25)9-13-3-1-2-8-26-13/h10-13H,1-9H2,(H,22,23). The van der Waals surface area contributed by atoms with Crippen LogP contribution in [0.2, 0.25) is 10.0 Å². The first-order valence-electron chi connectivity index (χ1n) is 9.34. The van der Waals surface area contributed by atoms with Crippen molar-refractivity contribution in [2.45, 2.75) is 50.5 Å². The Morgan fingerprint density at radius 1 is 1.19 bits per heavy atom. The van der Waals surface area contributed by atoms with Gasteiger partial charge in [-0.3, -0.25) is 4.79 Å². The topological polar surface area (TPSA) is 58.2 Å². The molecular formula is C19H23Cl2N3O2. The maximum atomic E-state index is 12.5. The smallest absolute Gasteiger partial charge is 0.225 e. The van der Waals surface area contributed by atoms with Crippen LogP contribution in [0.15, 0.2) is 12.1 Å². The first kappa shape index (κ1) is 18.1. The van der Waals surface area contributed by atoms with Crippen molar-refractivity contribution in [3.05, 3.63) is 28.0 Å². The number of amides is 1. The van der Waals surface area contributed by atoms with Crippen molar-refractivity contribution in [2.75, 3.05) is 19.7 Å². The third kappa shape index (κ3) is 3.85. The van der Waals surface area contributed by atoms with Crippen molar-refractivity contribution in [2.24, 2.45) is 0 Å². The molecule has 26 heavy (non-hydrogen) atoms. The molecule has 0 saturated carbocycles. The van der Waals surface area contributed by atoms with Crippen LogP contribution in [-0.2, 0) is 9.53 Å². The highest BCUT2D eigenvalue weighted by molar-refractivity contribution is 6.42. The zero-order valence-electron chi connectivity index (χ0n) is 14.6. The number of nitrogens with one attached hydrogen (secondary N) is 1. The fraction of sp³-hybridized carbons (Fsp3) is 0.579. The van der Waals surface area contributed by atoms with Crippen molar-refractivity contribution in [3.8, 4) is 0 Å². The molecular weight excluding hydrogens is 373 g/mol. The van der Waals surface area contributed by atoms with Gasteiger partial charge in [-0.05, 0) is 44.2 Å². The van der Waals surface area contributed by atoms with E-state index < -0.39 is 0 Å². The second kappa shape index (κ2) is 7.75. The number of ether oxygens (including phenoxy) is 1. The number of aromatic nitrogens is 2. The summed E-state index contributed by atoms with van der Waals surface area (Å²) in [6.07, 6.45) is 5.75. The highest BCUT2D eigenvalue weighted by Crippen LogP contribution is 2.31. The number of piperidine rings is 1. The maximum Gasteiger partial charge on any atom is 0.225 e. The molecule has 2 aromatic rings. The third-order valence-corrected chi connectivity index (χ3v) is 6.18. The van der Waals surface area contributed by atoms with Gasteiger partial charge in [-0.1, -0.05) is 23.2 Å². The predicted octanol–water partition coefficient (Wildman–Crippen LogP) is 4.53. The molecule has 1 aromatic heterocycles. The summed E-state index contributed by atoms with van der Waals surface area (Å²) in [4.78, 5) is 22.5. The lowest BCUT2D eigenvalue weighted by atomic mass is 9.95. The summed E-state index contributed by atoms with van der Waals surface area (Å²) in [5.41, 5.74) is 1.74. The number of nitrogens with zero attached hydrogens (tertiary/aromatic N) is 2. The summed E-state index contributed by atoms with van der Waals surface area (Å²) in [5.74, 6) is 1.51. The Hall–Kier alpha value is -1.30. The van der Waals surface area contributed by atoms with Crippen LogP contribution < -0.4 is 0 Å². The summed E-state index contributed by atoms with van der Waals surface area (Å²) in [6.45, 7) is 2.34. The van der Waals surface area contributed by atoms with E-state index in [1.165, 1.54) is 6.42 Å². The molecule has 2 aliphatic rings.